The minimum Gasteiger partial charge on any atom is -0.345 e. The Morgan fingerprint density at radius 2 is 2.31 bits per heavy atom. The van der Waals surface area contributed by atoms with Crippen LogP contribution in [0.3, 0.4) is 0 Å². The molecule has 1 aromatic heterocycles. The van der Waals surface area contributed by atoms with Crippen LogP contribution in [0.4, 0.5) is 0 Å². The maximum Gasteiger partial charge on any atom is 0.242 e. The van der Waals surface area contributed by atoms with Crippen molar-refractivity contribution in [1.82, 2.24) is 10.2 Å². The van der Waals surface area contributed by atoms with E-state index in [9.17, 15) is 9.59 Å². The van der Waals surface area contributed by atoms with Crippen molar-refractivity contribution in [1.29, 1.82) is 0 Å². The van der Waals surface area contributed by atoms with Gasteiger partial charge in [-0.05, 0) is 30.9 Å². The molecule has 5 heteroatoms. The quantitative estimate of drug-likeness (QED) is 0.832. The van der Waals surface area contributed by atoms with Gasteiger partial charge < -0.3 is 10.2 Å². The largest absolute Gasteiger partial charge is 0.345 e. The van der Waals surface area contributed by atoms with Crippen LogP contribution in [0.5, 0.6) is 0 Å². The third-order valence-corrected chi connectivity index (χ3v) is 3.87. The molecule has 0 bridgehead atoms. The number of carbonyl (C=O) groups excluding carboxylic acids is 2. The first-order valence-electron chi connectivity index (χ1n) is 5.19. The molecule has 86 valence electrons. The van der Waals surface area contributed by atoms with Gasteiger partial charge in [0.25, 0.3) is 0 Å². The fourth-order valence-corrected chi connectivity index (χ4v) is 2.62. The highest BCUT2D eigenvalue weighted by atomic mass is 32.1. The van der Waals surface area contributed by atoms with Gasteiger partial charge in [-0.25, -0.2) is 0 Å². The Bertz CT molecular complexity index is 427. The van der Waals surface area contributed by atoms with Crippen LogP contribution in [0.1, 0.15) is 17.4 Å². The second-order valence-corrected chi connectivity index (χ2v) is 4.94. The van der Waals surface area contributed by atoms with Gasteiger partial charge in [0, 0.05) is 4.88 Å². The second kappa shape index (κ2) is 4.25. The highest BCUT2D eigenvalue weighted by Gasteiger charge is 2.31. The molecule has 2 heterocycles. The van der Waals surface area contributed by atoms with Crippen molar-refractivity contribution in [2.75, 3.05) is 6.54 Å². The summed E-state index contributed by atoms with van der Waals surface area (Å²) >= 11 is 1.62. The molecule has 1 saturated heterocycles. The van der Waals surface area contributed by atoms with Crippen LogP contribution in [0.15, 0.2) is 11.4 Å². The topological polar surface area (TPSA) is 49.4 Å². The van der Waals surface area contributed by atoms with E-state index in [2.05, 4.69) is 5.32 Å². The number of nitrogens with one attached hydrogen (secondary N) is 1. The van der Waals surface area contributed by atoms with Crippen LogP contribution in [0, 0.1) is 6.92 Å². The third-order valence-electron chi connectivity index (χ3n) is 2.86. The van der Waals surface area contributed by atoms with Crippen LogP contribution in [-0.2, 0) is 16.1 Å². The lowest BCUT2D eigenvalue weighted by Gasteiger charge is -2.32. The average Bonchev–Trinajstić information content (AvgIpc) is 2.65. The molecular formula is C11H14N2O2S. The summed E-state index contributed by atoms with van der Waals surface area (Å²) in [7, 11) is 0. The molecule has 0 spiro atoms. The molecule has 0 radical (unpaired) electrons. The van der Waals surface area contributed by atoms with Gasteiger partial charge in [-0.1, -0.05) is 0 Å². The molecule has 2 amide bonds. The van der Waals surface area contributed by atoms with Gasteiger partial charge in [-0.3, -0.25) is 9.59 Å². The molecule has 0 aromatic carbocycles. The third kappa shape index (κ3) is 1.95. The van der Waals surface area contributed by atoms with E-state index in [1.165, 1.54) is 5.56 Å². The molecule has 0 saturated carbocycles. The summed E-state index contributed by atoms with van der Waals surface area (Å²) < 4.78 is 0. The Morgan fingerprint density at radius 3 is 2.94 bits per heavy atom. The number of carbonyl (C=O) groups is 2. The number of hydrogen-bond donors (Lipinski definition) is 1. The Balaban J connectivity index is 2.16. The number of hydrogen-bond acceptors (Lipinski definition) is 3. The highest BCUT2D eigenvalue weighted by molar-refractivity contribution is 7.10. The molecule has 1 aliphatic heterocycles. The van der Waals surface area contributed by atoms with E-state index in [0.717, 1.165) is 4.88 Å². The second-order valence-electron chi connectivity index (χ2n) is 3.94. The molecule has 1 aliphatic rings. The van der Waals surface area contributed by atoms with Crippen molar-refractivity contribution in [3.05, 3.63) is 21.9 Å². The molecular weight excluding hydrogens is 224 g/mol. The Hall–Kier alpha value is -1.36. The van der Waals surface area contributed by atoms with Crippen LogP contribution in [0.25, 0.3) is 0 Å². The zero-order valence-corrected chi connectivity index (χ0v) is 10.1. The summed E-state index contributed by atoms with van der Waals surface area (Å²) in [6, 6.07) is 1.65. The summed E-state index contributed by atoms with van der Waals surface area (Å²) in [6.45, 7) is 4.44. The number of thiophene rings is 1. The van der Waals surface area contributed by atoms with E-state index < -0.39 is 0 Å². The first-order valence-corrected chi connectivity index (χ1v) is 6.07. The monoisotopic (exact) mass is 238 g/mol. The Kier molecular flexibility index (Phi) is 2.96. The maximum absolute atomic E-state index is 11.7. The van der Waals surface area contributed by atoms with Crippen molar-refractivity contribution >= 4 is 23.2 Å². The lowest BCUT2D eigenvalue weighted by Crippen LogP contribution is -2.56. The van der Waals surface area contributed by atoms with Crippen LogP contribution in [-0.4, -0.2) is 29.3 Å². The number of rotatable bonds is 2. The number of nitrogens with zero attached hydrogens (tertiary/aromatic N) is 1. The predicted molar refractivity (Wildman–Crippen MR) is 62.1 cm³/mol. The minimum atomic E-state index is -0.372. The zero-order chi connectivity index (χ0) is 11.7. The Morgan fingerprint density at radius 1 is 1.56 bits per heavy atom. The molecule has 1 unspecified atom stereocenters. The van der Waals surface area contributed by atoms with E-state index >= 15 is 0 Å². The predicted octanol–water partition coefficient (Wildman–Crippen LogP) is 0.903. The summed E-state index contributed by atoms with van der Waals surface area (Å²) in [5.74, 6) is -0.0892. The molecule has 16 heavy (non-hydrogen) atoms. The smallest absolute Gasteiger partial charge is 0.242 e. The first-order chi connectivity index (χ1) is 7.59. The lowest BCUT2D eigenvalue weighted by atomic mass is 10.2. The van der Waals surface area contributed by atoms with Crippen molar-refractivity contribution in [3.63, 3.8) is 0 Å². The van der Waals surface area contributed by atoms with Crippen molar-refractivity contribution in [3.8, 4) is 0 Å². The van der Waals surface area contributed by atoms with E-state index in [0.29, 0.717) is 6.54 Å². The van der Waals surface area contributed by atoms with E-state index in [-0.39, 0.29) is 24.4 Å². The Labute approximate surface area is 98.3 Å². The van der Waals surface area contributed by atoms with Crippen molar-refractivity contribution < 1.29 is 9.59 Å². The molecule has 1 fully saturated rings. The summed E-state index contributed by atoms with van der Waals surface area (Å²) in [4.78, 5) is 26.0. The van der Waals surface area contributed by atoms with E-state index in [4.69, 9.17) is 0 Å². The normalized spacial score (nSPS) is 21.1. The lowest BCUT2D eigenvalue weighted by molar-refractivity contribution is -0.145. The summed E-state index contributed by atoms with van der Waals surface area (Å²) in [5, 5.41) is 4.58. The van der Waals surface area contributed by atoms with Crippen LogP contribution < -0.4 is 5.32 Å². The molecule has 2 rings (SSSR count). The SMILES string of the molecule is Cc1ccsc1CN1C(=O)CNC(=O)C1C. The van der Waals surface area contributed by atoms with E-state index in [1.54, 1.807) is 23.2 Å². The van der Waals surface area contributed by atoms with Crippen molar-refractivity contribution in [2.24, 2.45) is 0 Å². The highest BCUT2D eigenvalue weighted by Crippen LogP contribution is 2.20. The fourth-order valence-electron chi connectivity index (χ4n) is 1.72. The zero-order valence-electron chi connectivity index (χ0n) is 9.32. The van der Waals surface area contributed by atoms with Crippen LogP contribution in [0.2, 0.25) is 0 Å². The van der Waals surface area contributed by atoms with Crippen LogP contribution >= 0.6 is 11.3 Å². The molecule has 0 aliphatic carbocycles. The minimum absolute atomic E-state index is 0.0140. The van der Waals surface area contributed by atoms with Gasteiger partial charge in [0.1, 0.15) is 6.04 Å². The van der Waals surface area contributed by atoms with Gasteiger partial charge >= 0.3 is 0 Å². The number of amides is 2. The average molecular weight is 238 g/mol. The maximum atomic E-state index is 11.7. The standard InChI is InChI=1S/C11H14N2O2S/c1-7-3-4-16-9(7)6-13-8(2)11(15)12-5-10(13)14/h3-4,8H,5-6H2,1-2H3,(H,12,15). The molecule has 4 nitrogen and oxygen atoms in total. The van der Waals surface area contributed by atoms with E-state index in [1.807, 2.05) is 18.4 Å². The fraction of sp³-hybridized carbons (Fsp3) is 0.455. The first kappa shape index (κ1) is 11.1. The van der Waals surface area contributed by atoms with Gasteiger partial charge in [-0.2, -0.15) is 0 Å². The van der Waals surface area contributed by atoms with Gasteiger partial charge in [-0.15, -0.1) is 11.3 Å². The summed E-state index contributed by atoms with van der Waals surface area (Å²) in [5.41, 5.74) is 1.18. The molecule has 1 atom stereocenters. The van der Waals surface area contributed by atoms with Gasteiger partial charge in [0.15, 0.2) is 0 Å². The van der Waals surface area contributed by atoms with Gasteiger partial charge in [0.05, 0.1) is 13.1 Å². The van der Waals surface area contributed by atoms with Crippen molar-refractivity contribution in [2.45, 2.75) is 26.4 Å². The number of piperazine rings is 1. The van der Waals surface area contributed by atoms with Gasteiger partial charge in [0.2, 0.25) is 11.8 Å². The molecule has 1 aromatic rings. The number of aryl methyl sites for hydroxylation is 1. The molecule has 1 N–H and O–H groups in total. The summed E-state index contributed by atoms with van der Waals surface area (Å²) in [6.07, 6.45) is 0.